The summed E-state index contributed by atoms with van der Waals surface area (Å²) in [5.41, 5.74) is 0.739. The van der Waals surface area contributed by atoms with Crippen molar-refractivity contribution in [2.45, 2.75) is 25.3 Å². The maximum Gasteiger partial charge on any atom is 0.244 e. The van der Waals surface area contributed by atoms with Gasteiger partial charge in [-0.2, -0.15) is 0 Å². The van der Waals surface area contributed by atoms with E-state index in [2.05, 4.69) is 10.6 Å². The molecular weight excluding hydrogens is 324 g/mol. The summed E-state index contributed by atoms with van der Waals surface area (Å²) in [5, 5.41) is 5.66. The van der Waals surface area contributed by atoms with Gasteiger partial charge in [0, 0.05) is 25.1 Å². The fourth-order valence-electron chi connectivity index (χ4n) is 2.72. The molecule has 0 bridgehead atoms. The van der Waals surface area contributed by atoms with Gasteiger partial charge in [-0.25, -0.2) is 0 Å². The first kappa shape index (κ1) is 18.6. The second kappa shape index (κ2) is 8.96. The molecule has 1 aliphatic rings. The van der Waals surface area contributed by atoms with Gasteiger partial charge >= 0.3 is 0 Å². The van der Waals surface area contributed by atoms with Crippen molar-refractivity contribution in [1.82, 2.24) is 10.6 Å². The molecule has 1 heterocycles. The molecule has 25 heavy (non-hydrogen) atoms. The first-order valence-electron chi connectivity index (χ1n) is 8.12. The van der Waals surface area contributed by atoms with E-state index in [0.717, 1.165) is 18.4 Å². The van der Waals surface area contributed by atoms with Crippen LogP contribution in [0, 0.1) is 0 Å². The Balaban J connectivity index is 2.07. The van der Waals surface area contributed by atoms with Crippen LogP contribution >= 0.6 is 0 Å². The molecule has 0 spiro atoms. The highest BCUT2D eigenvalue weighted by atomic mass is 16.5. The Labute approximate surface area is 147 Å². The predicted octanol–water partition coefficient (Wildman–Crippen LogP) is 1.51. The summed E-state index contributed by atoms with van der Waals surface area (Å²) in [6.45, 7) is 0.659. The van der Waals surface area contributed by atoms with Crippen LogP contribution in [0.1, 0.15) is 24.8 Å². The van der Waals surface area contributed by atoms with Gasteiger partial charge in [-0.1, -0.05) is 0 Å². The van der Waals surface area contributed by atoms with Crippen molar-refractivity contribution in [1.29, 1.82) is 0 Å². The van der Waals surface area contributed by atoms with E-state index < -0.39 is 0 Å². The zero-order valence-corrected chi connectivity index (χ0v) is 14.8. The molecule has 7 nitrogen and oxygen atoms in total. The lowest BCUT2D eigenvalue weighted by Crippen LogP contribution is -2.35. The molecule has 0 aromatic heterocycles. The average molecular weight is 348 g/mol. The van der Waals surface area contributed by atoms with Crippen LogP contribution in [0.3, 0.4) is 0 Å². The molecule has 1 aliphatic heterocycles. The Morgan fingerprint density at radius 3 is 2.48 bits per heavy atom. The predicted molar refractivity (Wildman–Crippen MR) is 93.9 cm³/mol. The molecule has 0 aliphatic carbocycles. The van der Waals surface area contributed by atoms with Crippen molar-refractivity contribution in [2.24, 2.45) is 0 Å². The lowest BCUT2D eigenvalue weighted by Gasteiger charge is -2.14. The lowest BCUT2D eigenvalue weighted by molar-refractivity contribution is -0.121. The van der Waals surface area contributed by atoms with Crippen molar-refractivity contribution in [3.8, 4) is 17.2 Å². The van der Waals surface area contributed by atoms with Gasteiger partial charge in [0.2, 0.25) is 17.6 Å². The zero-order chi connectivity index (χ0) is 18.2. The van der Waals surface area contributed by atoms with E-state index in [1.807, 2.05) is 0 Å². The number of rotatable bonds is 6. The van der Waals surface area contributed by atoms with E-state index in [4.69, 9.17) is 14.2 Å². The van der Waals surface area contributed by atoms with Gasteiger partial charge in [0.15, 0.2) is 11.5 Å². The molecule has 7 heteroatoms. The molecule has 0 radical (unpaired) electrons. The van der Waals surface area contributed by atoms with E-state index in [1.165, 1.54) is 27.4 Å². The highest BCUT2D eigenvalue weighted by Crippen LogP contribution is 2.38. The van der Waals surface area contributed by atoms with Crippen molar-refractivity contribution in [3.05, 3.63) is 23.8 Å². The van der Waals surface area contributed by atoms with Crippen LogP contribution in [-0.4, -0.2) is 45.7 Å². The number of hydrogen-bond donors (Lipinski definition) is 2. The Bertz CT molecular complexity index is 632. The highest BCUT2D eigenvalue weighted by Gasteiger charge is 2.18. The standard InChI is InChI=1S/C18H24N2O5/c1-23-14-9-12(10-15(24-2)18(14)25-3)6-7-16(21)20-13-5-4-8-19-17(22)11-13/h6-7,9-10,13H,4-5,8,11H2,1-3H3,(H,19,22)(H,20,21). The maximum absolute atomic E-state index is 12.1. The third-order valence-electron chi connectivity index (χ3n) is 3.94. The topological polar surface area (TPSA) is 85.9 Å². The quantitative estimate of drug-likeness (QED) is 0.761. The zero-order valence-electron chi connectivity index (χ0n) is 14.8. The van der Waals surface area contributed by atoms with E-state index in [9.17, 15) is 9.59 Å². The molecule has 2 amide bonds. The molecule has 1 aromatic carbocycles. The molecule has 136 valence electrons. The molecule has 1 unspecified atom stereocenters. The number of hydrogen-bond acceptors (Lipinski definition) is 5. The smallest absolute Gasteiger partial charge is 0.244 e. The molecule has 1 aromatic rings. The minimum absolute atomic E-state index is 0.0311. The summed E-state index contributed by atoms with van der Waals surface area (Å²) in [4.78, 5) is 23.7. The monoisotopic (exact) mass is 348 g/mol. The molecule has 1 saturated heterocycles. The van der Waals surface area contributed by atoms with Crippen molar-refractivity contribution >= 4 is 17.9 Å². The van der Waals surface area contributed by atoms with Crippen LogP contribution < -0.4 is 24.8 Å². The second-order valence-electron chi connectivity index (χ2n) is 5.69. The lowest BCUT2D eigenvalue weighted by atomic mass is 10.1. The number of carbonyl (C=O) groups is 2. The van der Waals surface area contributed by atoms with Crippen LogP contribution in [0.5, 0.6) is 17.2 Å². The Hall–Kier alpha value is -2.70. The van der Waals surface area contributed by atoms with Crippen molar-refractivity contribution < 1.29 is 23.8 Å². The van der Waals surface area contributed by atoms with Crippen LogP contribution in [0.4, 0.5) is 0 Å². The number of carbonyl (C=O) groups excluding carboxylic acids is 2. The van der Waals surface area contributed by atoms with Gasteiger partial charge in [0.1, 0.15) is 0 Å². The average Bonchev–Trinajstić information content (AvgIpc) is 2.82. The summed E-state index contributed by atoms with van der Waals surface area (Å²) in [7, 11) is 4.61. The summed E-state index contributed by atoms with van der Waals surface area (Å²) in [6.07, 6.45) is 5.04. The van der Waals surface area contributed by atoms with Crippen LogP contribution in [-0.2, 0) is 9.59 Å². The van der Waals surface area contributed by atoms with Gasteiger partial charge in [-0.3, -0.25) is 9.59 Å². The highest BCUT2D eigenvalue weighted by molar-refractivity contribution is 5.92. The number of amides is 2. The molecular formula is C18H24N2O5. The summed E-state index contributed by atoms with van der Waals surface area (Å²) < 4.78 is 15.8. The van der Waals surface area contributed by atoms with E-state index >= 15 is 0 Å². The minimum Gasteiger partial charge on any atom is -0.493 e. The minimum atomic E-state index is -0.242. The second-order valence-corrected chi connectivity index (χ2v) is 5.69. The number of benzene rings is 1. The van der Waals surface area contributed by atoms with E-state index in [-0.39, 0.29) is 17.9 Å². The Morgan fingerprint density at radius 1 is 1.20 bits per heavy atom. The van der Waals surface area contributed by atoms with Gasteiger partial charge in [0.05, 0.1) is 21.3 Å². The van der Waals surface area contributed by atoms with Gasteiger partial charge in [-0.15, -0.1) is 0 Å². The Kier molecular flexibility index (Phi) is 6.68. The van der Waals surface area contributed by atoms with Gasteiger partial charge in [0.25, 0.3) is 0 Å². The van der Waals surface area contributed by atoms with Crippen LogP contribution in [0.25, 0.3) is 6.08 Å². The summed E-state index contributed by atoms with van der Waals surface area (Å²) in [6, 6.07) is 3.37. The van der Waals surface area contributed by atoms with Crippen LogP contribution in [0.15, 0.2) is 18.2 Å². The first-order chi connectivity index (χ1) is 12.1. The normalized spacial score (nSPS) is 17.6. The Morgan fingerprint density at radius 2 is 1.88 bits per heavy atom. The van der Waals surface area contributed by atoms with Crippen LogP contribution in [0.2, 0.25) is 0 Å². The van der Waals surface area contributed by atoms with Gasteiger partial charge in [-0.05, 0) is 36.6 Å². The molecule has 2 N–H and O–H groups in total. The molecule has 1 fully saturated rings. The first-order valence-corrected chi connectivity index (χ1v) is 8.12. The number of nitrogens with one attached hydrogen (secondary N) is 2. The maximum atomic E-state index is 12.1. The van der Waals surface area contributed by atoms with Crippen molar-refractivity contribution in [2.75, 3.05) is 27.9 Å². The largest absolute Gasteiger partial charge is 0.493 e. The fraction of sp³-hybridized carbons (Fsp3) is 0.444. The molecule has 1 atom stereocenters. The molecule has 2 rings (SSSR count). The third-order valence-corrected chi connectivity index (χ3v) is 3.94. The van der Waals surface area contributed by atoms with Crippen molar-refractivity contribution in [3.63, 3.8) is 0 Å². The summed E-state index contributed by atoms with van der Waals surface area (Å²) >= 11 is 0. The fourth-order valence-corrected chi connectivity index (χ4v) is 2.72. The number of ether oxygens (including phenoxy) is 3. The van der Waals surface area contributed by atoms with E-state index in [0.29, 0.717) is 30.2 Å². The van der Waals surface area contributed by atoms with E-state index in [1.54, 1.807) is 18.2 Å². The van der Waals surface area contributed by atoms with Gasteiger partial charge < -0.3 is 24.8 Å². The molecule has 0 saturated carbocycles. The third kappa shape index (κ3) is 5.14. The number of methoxy groups -OCH3 is 3. The SMILES string of the molecule is COc1cc(C=CC(=O)NC2CCCNC(=O)C2)cc(OC)c1OC. The summed E-state index contributed by atoms with van der Waals surface area (Å²) in [5.74, 6) is 1.26.